The number of hydrogen-bond donors (Lipinski definition) is 1. The van der Waals surface area contributed by atoms with Crippen LogP contribution in [-0.4, -0.2) is 17.1 Å². The Balaban J connectivity index is 1.78. The Hall–Kier alpha value is -2.63. The van der Waals surface area contributed by atoms with E-state index in [0.29, 0.717) is 29.0 Å². The van der Waals surface area contributed by atoms with Crippen LogP contribution in [-0.2, 0) is 13.1 Å². The predicted molar refractivity (Wildman–Crippen MR) is 113 cm³/mol. The molecular weight excluding hydrogens is 378 g/mol. The van der Waals surface area contributed by atoms with Gasteiger partial charge in [0.15, 0.2) is 17.5 Å². The molecule has 0 aliphatic heterocycles. The third-order valence-electron chi connectivity index (χ3n) is 4.05. The summed E-state index contributed by atoms with van der Waals surface area (Å²) < 4.78 is 5.20. The zero-order chi connectivity index (χ0) is 19.1. The molecule has 2 N–H and O–H groups in total. The van der Waals surface area contributed by atoms with Gasteiger partial charge < -0.3 is 15.0 Å². The second kappa shape index (κ2) is 9.35. The quantitative estimate of drug-likeness (QED) is 0.617. The highest BCUT2D eigenvalue weighted by Crippen LogP contribution is 2.27. The minimum Gasteiger partial charge on any atom is -0.495 e. The fraction of sp³-hybridized carbons (Fsp3) is 0.143. The molecule has 27 heavy (non-hydrogen) atoms. The molecule has 4 nitrogen and oxygen atoms in total. The summed E-state index contributed by atoms with van der Waals surface area (Å²) in [5.41, 5.74) is 3.16. The van der Waals surface area contributed by atoms with Crippen LogP contribution in [0.2, 0.25) is 5.02 Å². The van der Waals surface area contributed by atoms with Crippen LogP contribution < -0.4 is 15.0 Å². The molecule has 2 aromatic carbocycles. The molecule has 138 valence electrons. The third-order valence-corrected chi connectivity index (χ3v) is 4.71. The second-order valence-electron chi connectivity index (χ2n) is 6.03. The van der Waals surface area contributed by atoms with Crippen molar-refractivity contribution in [3.05, 3.63) is 89.2 Å². The molecule has 3 aromatic rings. The van der Waals surface area contributed by atoms with Crippen molar-refractivity contribution in [1.82, 2.24) is 4.90 Å². The van der Waals surface area contributed by atoms with Gasteiger partial charge in [-0.25, -0.2) is 4.98 Å². The summed E-state index contributed by atoms with van der Waals surface area (Å²) in [6.45, 7) is 1.38. The van der Waals surface area contributed by atoms with Crippen molar-refractivity contribution < 1.29 is 9.72 Å². The van der Waals surface area contributed by atoms with E-state index in [-0.39, 0.29) is 0 Å². The molecule has 3 rings (SSSR count). The number of rotatable bonds is 6. The number of nitrogens with one attached hydrogen (secondary N) is 2. The van der Waals surface area contributed by atoms with Gasteiger partial charge in [-0.2, -0.15) is 0 Å². The minimum absolute atomic E-state index is 0.539. The number of ether oxygens (including phenoxy) is 1. The molecule has 0 bridgehead atoms. The Labute approximate surface area is 169 Å². The number of benzene rings is 2. The number of anilines is 1. The number of aromatic nitrogens is 1. The van der Waals surface area contributed by atoms with Gasteiger partial charge in [-0.3, -0.25) is 0 Å². The Morgan fingerprint density at radius 2 is 1.81 bits per heavy atom. The average molecular weight is 399 g/mol. The van der Waals surface area contributed by atoms with Gasteiger partial charge in [-0.05, 0) is 42.0 Å². The van der Waals surface area contributed by atoms with E-state index in [9.17, 15) is 0 Å². The maximum atomic E-state index is 6.23. The van der Waals surface area contributed by atoms with Crippen LogP contribution >= 0.6 is 23.8 Å². The van der Waals surface area contributed by atoms with E-state index in [2.05, 4.69) is 33.4 Å². The number of nitrogens with zero attached hydrogens (tertiary/aromatic N) is 1. The molecule has 0 radical (unpaired) electrons. The Bertz CT molecular complexity index is 849. The summed E-state index contributed by atoms with van der Waals surface area (Å²) in [6.07, 6.45) is 3.87. The maximum absolute atomic E-state index is 6.23. The number of H-pyrrole nitrogens is 1. The van der Waals surface area contributed by atoms with Gasteiger partial charge in [-0.15, -0.1) is 0 Å². The van der Waals surface area contributed by atoms with Gasteiger partial charge in [0.1, 0.15) is 5.75 Å². The number of thiocarbonyl (C=S) groups is 1. The molecule has 0 aliphatic carbocycles. The van der Waals surface area contributed by atoms with Gasteiger partial charge in [0.25, 0.3) is 0 Å². The molecule has 0 fully saturated rings. The van der Waals surface area contributed by atoms with Crippen LogP contribution in [0.4, 0.5) is 5.69 Å². The Morgan fingerprint density at radius 1 is 1.07 bits per heavy atom. The Morgan fingerprint density at radius 3 is 2.48 bits per heavy atom. The van der Waals surface area contributed by atoms with E-state index < -0.39 is 0 Å². The van der Waals surface area contributed by atoms with E-state index in [1.54, 1.807) is 7.11 Å². The van der Waals surface area contributed by atoms with Crippen molar-refractivity contribution in [3.8, 4) is 5.75 Å². The molecule has 0 spiro atoms. The highest BCUT2D eigenvalue weighted by Gasteiger charge is 2.13. The molecule has 0 unspecified atom stereocenters. The lowest BCUT2D eigenvalue weighted by molar-refractivity contribution is -0.378. The highest BCUT2D eigenvalue weighted by atomic mass is 35.5. The van der Waals surface area contributed by atoms with Crippen LogP contribution in [0.1, 0.15) is 11.1 Å². The lowest BCUT2D eigenvalue weighted by atomic mass is 10.2. The average Bonchev–Trinajstić information content (AvgIpc) is 2.69. The first kappa shape index (κ1) is 19.1. The summed E-state index contributed by atoms with van der Waals surface area (Å²) in [6, 6.07) is 19.8. The van der Waals surface area contributed by atoms with E-state index >= 15 is 0 Å². The fourth-order valence-electron chi connectivity index (χ4n) is 2.70. The summed E-state index contributed by atoms with van der Waals surface area (Å²) >= 11 is 11.9. The fourth-order valence-corrected chi connectivity index (χ4v) is 3.20. The molecule has 6 heteroatoms. The first-order chi connectivity index (χ1) is 13.2. The lowest BCUT2D eigenvalue weighted by Crippen LogP contribution is -2.34. The first-order valence-electron chi connectivity index (χ1n) is 8.54. The van der Waals surface area contributed by atoms with Gasteiger partial charge in [0.2, 0.25) is 0 Å². The lowest BCUT2D eigenvalue weighted by Gasteiger charge is -2.26. The molecule has 1 aromatic heterocycles. The SMILES string of the molecule is COc1ccc(NC(=S)N(Cc2ccccc2)Cc2ccc[nH+]c2)cc1Cl. The molecule has 0 atom stereocenters. The van der Waals surface area contributed by atoms with E-state index in [4.69, 9.17) is 28.6 Å². The Kier molecular flexibility index (Phi) is 6.63. The molecule has 0 saturated carbocycles. The van der Waals surface area contributed by atoms with Gasteiger partial charge in [-0.1, -0.05) is 41.9 Å². The van der Waals surface area contributed by atoms with E-state index in [0.717, 1.165) is 11.3 Å². The van der Waals surface area contributed by atoms with Crippen molar-refractivity contribution in [2.75, 3.05) is 12.4 Å². The van der Waals surface area contributed by atoms with Crippen molar-refractivity contribution >= 4 is 34.6 Å². The van der Waals surface area contributed by atoms with Gasteiger partial charge in [0, 0.05) is 23.9 Å². The smallest absolute Gasteiger partial charge is 0.174 e. The van der Waals surface area contributed by atoms with Crippen molar-refractivity contribution in [2.24, 2.45) is 0 Å². The third kappa shape index (κ3) is 5.42. The van der Waals surface area contributed by atoms with Crippen LogP contribution in [0.5, 0.6) is 5.75 Å². The summed E-state index contributed by atoms with van der Waals surface area (Å²) in [5.74, 6) is 0.633. The molecule has 0 amide bonds. The standard InChI is InChI=1S/C21H20ClN3OS/c1-26-20-10-9-18(12-19(20)22)24-21(27)25(14-16-6-3-2-4-7-16)15-17-8-5-11-23-13-17/h2-13H,14-15H2,1H3,(H,24,27)/p+1. The molecule has 0 aliphatic rings. The normalized spacial score (nSPS) is 10.3. The van der Waals surface area contributed by atoms with Gasteiger partial charge >= 0.3 is 0 Å². The van der Waals surface area contributed by atoms with Crippen LogP contribution in [0, 0.1) is 0 Å². The topological polar surface area (TPSA) is 38.6 Å². The zero-order valence-corrected chi connectivity index (χ0v) is 16.6. The minimum atomic E-state index is 0.539. The van der Waals surface area contributed by atoms with E-state index in [1.807, 2.05) is 54.9 Å². The summed E-state index contributed by atoms with van der Waals surface area (Å²) in [5, 5.41) is 4.45. The molecule has 0 saturated heterocycles. The van der Waals surface area contributed by atoms with E-state index in [1.165, 1.54) is 5.56 Å². The van der Waals surface area contributed by atoms with Crippen LogP contribution in [0.25, 0.3) is 0 Å². The van der Waals surface area contributed by atoms with Crippen molar-refractivity contribution in [2.45, 2.75) is 13.1 Å². The first-order valence-corrected chi connectivity index (χ1v) is 9.32. The number of hydrogen-bond acceptors (Lipinski definition) is 2. The van der Waals surface area contributed by atoms with Crippen molar-refractivity contribution in [1.29, 1.82) is 0 Å². The second-order valence-corrected chi connectivity index (χ2v) is 6.83. The molecule has 1 heterocycles. The maximum Gasteiger partial charge on any atom is 0.174 e. The summed E-state index contributed by atoms with van der Waals surface area (Å²) in [7, 11) is 1.59. The van der Waals surface area contributed by atoms with Gasteiger partial charge in [0.05, 0.1) is 18.7 Å². The van der Waals surface area contributed by atoms with Crippen LogP contribution in [0.3, 0.4) is 0 Å². The van der Waals surface area contributed by atoms with Crippen molar-refractivity contribution in [3.63, 3.8) is 0 Å². The zero-order valence-electron chi connectivity index (χ0n) is 15.0. The highest BCUT2D eigenvalue weighted by molar-refractivity contribution is 7.80. The largest absolute Gasteiger partial charge is 0.495 e. The number of halogens is 1. The number of methoxy groups -OCH3 is 1. The van der Waals surface area contributed by atoms with Crippen LogP contribution in [0.15, 0.2) is 73.1 Å². The number of pyridine rings is 1. The monoisotopic (exact) mass is 398 g/mol. The summed E-state index contributed by atoms with van der Waals surface area (Å²) in [4.78, 5) is 5.23. The predicted octanol–water partition coefficient (Wildman–Crippen LogP) is 4.56. The number of aromatic amines is 1. The molecular formula is C21H21ClN3OS+.